The van der Waals surface area contributed by atoms with Gasteiger partial charge in [-0.25, -0.2) is 9.48 Å². The van der Waals surface area contributed by atoms with E-state index in [-0.39, 0.29) is 6.61 Å². The Morgan fingerprint density at radius 1 is 1.41 bits per heavy atom. The van der Waals surface area contributed by atoms with Gasteiger partial charge in [-0.1, -0.05) is 5.21 Å². The van der Waals surface area contributed by atoms with Crippen LogP contribution >= 0.6 is 0 Å². The molecule has 2 aromatic heterocycles. The van der Waals surface area contributed by atoms with Crippen molar-refractivity contribution in [1.29, 1.82) is 0 Å². The predicted molar refractivity (Wildman–Crippen MR) is 67.8 cm³/mol. The highest BCUT2D eigenvalue weighted by atomic mass is 19.4. The lowest BCUT2D eigenvalue weighted by Gasteiger charge is -2.10. The van der Waals surface area contributed by atoms with Gasteiger partial charge in [0.1, 0.15) is 12.2 Å². The number of hydrogen-bond donors (Lipinski definition) is 0. The van der Waals surface area contributed by atoms with Crippen LogP contribution in [0.5, 0.6) is 0 Å². The summed E-state index contributed by atoms with van der Waals surface area (Å²) in [6, 6.07) is 0. The number of esters is 1. The molecule has 0 aliphatic rings. The van der Waals surface area contributed by atoms with E-state index in [2.05, 4.69) is 15.4 Å². The molecule has 10 heteroatoms. The number of alkyl halides is 3. The number of carbonyl (C=O) groups excluding carboxylic acids is 1. The number of aryl methyl sites for hydroxylation is 3. The molecule has 0 bridgehead atoms. The second kappa shape index (κ2) is 5.78. The van der Waals surface area contributed by atoms with E-state index in [1.807, 2.05) is 6.92 Å². The number of aromatic nitrogens is 5. The molecule has 0 radical (unpaired) electrons. The van der Waals surface area contributed by atoms with Gasteiger partial charge in [0.05, 0.1) is 17.6 Å². The molecule has 7 nitrogen and oxygen atoms in total. The standard InChI is InChI=1S/C12H14F3N5O2/c1-4-20-9(7(2)17-18-20)6-22-11(21)10-8(12(13,14)15)5-16-19(10)3/h5H,4,6H2,1-3H3. The van der Waals surface area contributed by atoms with Crippen LogP contribution in [0, 0.1) is 6.92 Å². The number of nitrogens with zero attached hydrogens (tertiary/aromatic N) is 5. The first-order chi connectivity index (χ1) is 10.3. The Kier molecular flexibility index (Phi) is 4.20. The quantitative estimate of drug-likeness (QED) is 0.803. The van der Waals surface area contributed by atoms with Crippen molar-refractivity contribution >= 4 is 5.97 Å². The van der Waals surface area contributed by atoms with Crippen molar-refractivity contribution in [1.82, 2.24) is 24.8 Å². The lowest BCUT2D eigenvalue weighted by molar-refractivity contribution is -0.138. The van der Waals surface area contributed by atoms with Crippen LogP contribution < -0.4 is 0 Å². The summed E-state index contributed by atoms with van der Waals surface area (Å²) in [6.45, 7) is 3.79. The molecular formula is C12H14F3N5O2. The molecule has 0 N–H and O–H groups in total. The molecule has 0 aliphatic heterocycles. The summed E-state index contributed by atoms with van der Waals surface area (Å²) in [5, 5.41) is 11.1. The van der Waals surface area contributed by atoms with Crippen LogP contribution in [0.1, 0.15) is 34.4 Å². The maximum atomic E-state index is 12.8. The van der Waals surface area contributed by atoms with Crippen LogP contribution in [0.25, 0.3) is 0 Å². The molecule has 2 rings (SSSR count). The monoisotopic (exact) mass is 317 g/mol. The molecule has 0 atom stereocenters. The first-order valence-electron chi connectivity index (χ1n) is 6.41. The zero-order chi connectivity index (χ0) is 16.5. The smallest absolute Gasteiger partial charge is 0.420 e. The Hall–Kier alpha value is -2.39. The van der Waals surface area contributed by atoms with Crippen molar-refractivity contribution in [3.05, 3.63) is 28.8 Å². The molecule has 0 saturated heterocycles. The molecule has 0 unspecified atom stereocenters. The topological polar surface area (TPSA) is 74.8 Å². The van der Waals surface area contributed by atoms with Crippen molar-refractivity contribution in [2.24, 2.45) is 7.05 Å². The fourth-order valence-corrected chi connectivity index (χ4v) is 1.94. The Balaban J connectivity index is 2.20. The number of hydrogen-bond acceptors (Lipinski definition) is 5. The highest BCUT2D eigenvalue weighted by Gasteiger charge is 2.38. The van der Waals surface area contributed by atoms with E-state index in [4.69, 9.17) is 4.74 Å². The zero-order valence-electron chi connectivity index (χ0n) is 12.2. The third-order valence-corrected chi connectivity index (χ3v) is 3.11. The number of halogens is 3. The van der Waals surface area contributed by atoms with Gasteiger partial charge in [0.2, 0.25) is 0 Å². The van der Waals surface area contributed by atoms with Gasteiger partial charge in [-0.2, -0.15) is 18.3 Å². The SMILES string of the molecule is CCn1nnc(C)c1COC(=O)c1c(C(F)(F)F)cnn1C. The van der Waals surface area contributed by atoms with E-state index in [1.165, 1.54) is 11.7 Å². The molecule has 0 aromatic carbocycles. The third-order valence-electron chi connectivity index (χ3n) is 3.11. The van der Waals surface area contributed by atoms with E-state index in [0.717, 1.165) is 4.68 Å². The molecular weight excluding hydrogens is 303 g/mol. The fourth-order valence-electron chi connectivity index (χ4n) is 1.94. The van der Waals surface area contributed by atoms with E-state index >= 15 is 0 Å². The summed E-state index contributed by atoms with van der Waals surface area (Å²) in [5.74, 6) is -1.10. The summed E-state index contributed by atoms with van der Waals surface area (Å²) in [7, 11) is 1.24. The second-order valence-electron chi connectivity index (χ2n) is 4.54. The summed E-state index contributed by atoms with van der Waals surface area (Å²) < 4.78 is 45.8. The molecule has 0 aliphatic carbocycles. The maximum Gasteiger partial charge on any atom is 0.420 e. The molecule has 120 valence electrons. The molecule has 0 spiro atoms. The van der Waals surface area contributed by atoms with Crippen LogP contribution in [0.4, 0.5) is 13.2 Å². The van der Waals surface area contributed by atoms with Crippen LogP contribution in [0.3, 0.4) is 0 Å². The summed E-state index contributed by atoms with van der Waals surface area (Å²) in [5.41, 5.74) is -0.679. The van der Waals surface area contributed by atoms with Crippen molar-refractivity contribution in [3.8, 4) is 0 Å². The Bertz CT molecular complexity index is 689. The molecule has 0 fully saturated rings. The van der Waals surface area contributed by atoms with Crippen LogP contribution in [0.15, 0.2) is 6.20 Å². The van der Waals surface area contributed by atoms with Crippen molar-refractivity contribution in [2.45, 2.75) is 33.2 Å². The fraction of sp³-hybridized carbons (Fsp3) is 0.500. The van der Waals surface area contributed by atoms with E-state index < -0.39 is 23.4 Å². The summed E-state index contributed by atoms with van der Waals surface area (Å²) in [4.78, 5) is 12.0. The first-order valence-corrected chi connectivity index (χ1v) is 6.41. The Labute approximate surface area is 123 Å². The van der Waals surface area contributed by atoms with E-state index in [0.29, 0.717) is 24.1 Å². The molecule has 2 heterocycles. The van der Waals surface area contributed by atoms with Gasteiger partial charge >= 0.3 is 12.1 Å². The largest absolute Gasteiger partial charge is 0.454 e. The highest BCUT2D eigenvalue weighted by molar-refractivity contribution is 5.89. The van der Waals surface area contributed by atoms with Crippen LogP contribution in [-0.2, 0) is 31.1 Å². The van der Waals surface area contributed by atoms with Gasteiger partial charge in [-0.15, -0.1) is 5.10 Å². The number of ether oxygens (including phenoxy) is 1. The number of rotatable bonds is 4. The third kappa shape index (κ3) is 2.95. The predicted octanol–water partition coefficient (Wildman–Crippen LogP) is 1.72. The molecule has 0 saturated carbocycles. The summed E-state index contributed by atoms with van der Waals surface area (Å²) >= 11 is 0. The van der Waals surface area contributed by atoms with Gasteiger partial charge in [-0.3, -0.25) is 4.68 Å². The highest BCUT2D eigenvalue weighted by Crippen LogP contribution is 2.32. The van der Waals surface area contributed by atoms with Gasteiger partial charge in [0, 0.05) is 13.6 Å². The minimum Gasteiger partial charge on any atom is -0.454 e. The molecule has 22 heavy (non-hydrogen) atoms. The van der Waals surface area contributed by atoms with Gasteiger partial charge in [0.25, 0.3) is 0 Å². The van der Waals surface area contributed by atoms with Crippen molar-refractivity contribution < 1.29 is 22.7 Å². The Morgan fingerprint density at radius 3 is 2.68 bits per heavy atom. The Morgan fingerprint density at radius 2 is 2.09 bits per heavy atom. The van der Waals surface area contributed by atoms with E-state index in [1.54, 1.807) is 6.92 Å². The second-order valence-corrected chi connectivity index (χ2v) is 4.54. The maximum absolute atomic E-state index is 12.8. The normalized spacial score (nSPS) is 11.7. The van der Waals surface area contributed by atoms with Crippen LogP contribution in [0.2, 0.25) is 0 Å². The average Bonchev–Trinajstić information content (AvgIpc) is 2.99. The van der Waals surface area contributed by atoms with E-state index in [9.17, 15) is 18.0 Å². The zero-order valence-corrected chi connectivity index (χ0v) is 12.2. The summed E-state index contributed by atoms with van der Waals surface area (Å²) in [6.07, 6.45) is -4.08. The minimum atomic E-state index is -4.68. The van der Waals surface area contributed by atoms with Gasteiger partial charge in [0.15, 0.2) is 5.69 Å². The van der Waals surface area contributed by atoms with Crippen molar-refractivity contribution in [3.63, 3.8) is 0 Å². The average molecular weight is 317 g/mol. The minimum absolute atomic E-state index is 0.214. The number of carbonyl (C=O) groups is 1. The van der Waals surface area contributed by atoms with Crippen molar-refractivity contribution in [2.75, 3.05) is 0 Å². The first kappa shape index (κ1) is 16.0. The molecule has 0 amide bonds. The lowest BCUT2D eigenvalue weighted by atomic mass is 10.2. The van der Waals surface area contributed by atoms with Gasteiger partial charge < -0.3 is 4.74 Å². The molecule has 2 aromatic rings. The van der Waals surface area contributed by atoms with Crippen LogP contribution in [-0.4, -0.2) is 30.7 Å². The lowest BCUT2D eigenvalue weighted by Crippen LogP contribution is -2.18. The van der Waals surface area contributed by atoms with Gasteiger partial charge in [-0.05, 0) is 13.8 Å².